The first kappa shape index (κ1) is 10.3. The molecule has 1 saturated carbocycles. The maximum absolute atomic E-state index is 4.45. The molecule has 0 saturated heterocycles. The number of hydrogen-bond acceptors (Lipinski definition) is 2. The Kier molecular flexibility index (Phi) is 2.56. The third kappa shape index (κ3) is 2.47. The van der Waals surface area contributed by atoms with Crippen molar-refractivity contribution in [3.05, 3.63) is 53.7 Å². The molecule has 0 aliphatic heterocycles. The number of aryl methyl sites for hydroxylation is 1. The van der Waals surface area contributed by atoms with Crippen molar-refractivity contribution in [2.24, 2.45) is 0 Å². The lowest BCUT2D eigenvalue weighted by Gasteiger charge is -2.06. The van der Waals surface area contributed by atoms with Gasteiger partial charge in [-0.15, -0.1) is 0 Å². The largest absolute Gasteiger partial charge is 0.340 e. The van der Waals surface area contributed by atoms with E-state index in [1.807, 2.05) is 6.20 Å². The van der Waals surface area contributed by atoms with Crippen LogP contribution in [-0.2, 0) is 0 Å². The third-order valence-electron chi connectivity index (χ3n) is 3.13. The van der Waals surface area contributed by atoms with Crippen LogP contribution in [0.2, 0.25) is 0 Å². The fraction of sp³-hybridized carbons (Fsp3) is 0.267. The van der Waals surface area contributed by atoms with Crippen LogP contribution in [0.15, 0.2) is 42.6 Å². The summed E-state index contributed by atoms with van der Waals surface area (Å²) in [5, 5.41) is 3.32. The fourth-order valence-electron chi connectivity index (χ4n) is 2.01. The number of anilines is 2. The molecule has 2 heteroatoms. The third-order valence-corrected chi connectivity index (χ3v) is 3.13. The monoisotopic (exact) mass is 224 g/mol. The highest BCUT2D eigenvalue weighted by Gasteiger charge is 2.23. The van der Waals surface area contributed by atoms with Gasteiger partial charge in [0.2, 0.25) is 0 Å². The fourth-order valence-corrected chi connectivity index (χ4v) is 2.01. The van der Waals surface area contributed by atoms with Gasteiger partial charge in [-0.25, -0.2) is 4.98 Å². The van der Waals surface area contributed by atoms with E-state index in [9.17, 15) is 0 Å². The van der Waals surface area contributed by atoms with Crippen LogP contribution < -0.4 is 5.32 Å². The van der Waals surface area contributed by atoms with Crippen molar-refractivity contribution in [2.45, 2.75) is 25.7 Å². The Labute approximate surface area is 102 Å². The minimum atomic E-state index is 0.774. The predicted molar refractivity (Wildman–Crippen MR) is 70.7 cm³/mol. The summed E-state index contributed by atoms with van der Waals surface area (Å²) < 4.78 is 0. The van der Waals surface area contributed by atoms with Crippen LogP contribution in [0.1, 0.15) is 29.9 Å². The zero-order valence-corrected chi connectivity index (χ0v) is 9.98. The van der Waals surface area contributed by atoms with Crippen LogP contribution in [-0.4, -0.2) is 4.98 Å². The second-order valence-corrected chi connectivity index (χ2v) is 4.75. The van der Waals surface area contributed by atoms with Crippen LogP contribution >= 0.6 is 0 Å². The maximum atomic E-state index is 4.45. The molecule has 1 N–H and O–H groups in total. The van der Waals surface area contributed by atoms with Gasteiger partial charge in [0.25, 0.3) is 0 Å². The Morgan fingerprint density at radius 1 is 1.18 bits per heavy atom. The van der Waals surface area contributed by atoms with Crippen molar-refractivity contribution in [1.29, 1.82) is 0 Å². The second-order valence-electron chi connectivity index (χ2n) is 4.75. The molecule has 1 aliphatic rings. The average molecular weight is 224 g/mol. The van der Waals surface area contributed by atoms with E-state index in [-0.39, 0.29) is 0 Å². The maximum Gasteiger partial charge on any atom is 0.130 e. The number of benzene rings is 1. The molecule has 0 spiro atoms. The highest BCUT2D eigenvalue weighted by atomic mass is 15.0. The Morgan fingerprint density at radius 3 is 2.71 bits per heavy atom. The SMILES string of the molecule is Cc1cccc(Nc2ccc(C3CC3)cn2)c1. The van der Waals surface area contributed by atoms with Crippen LogP contribution in [0.25, 0.3) is 0 Å². The molecule has 0 unspecified atom stereocenters. The van der Waals surface area contributed by atoms with Gasteiger partial charge >= 0.3 is 0 Å². The summed E-state index contributed by atoms with van der Waals surface area (Å²) in [6.07, 6.45) is 4.65. The van der Waals surface area contributed by atoms with Crippen molar-refractivity contribution in [1.82, 2.24) is 4.98 Å². The van der Waals surface area contributed by atoms with Crippen molar-refractivity contribution in [2.75, 3.05) is 5.32 Å². The number of pyridine rings is 1. The summed E-state index contributed by atoms with van der Waals surface area (Å²) >= 11 is 0. The van der Waals surface area contributed by atoms with Gasteiger partial charge in [-0.1, -0.05) is 18.2 Å². The normalized spacial score (nSPS) is 14.6. The van der Waals surface area contributed by atoms with E-state index in [0.29, 0.717) is 0 Å². The molecular formula is C15H16N2. The van der Waals surface area contributed by atoms with Gasteiger partial charge in [0.1, 0.15) is 5.82 Å². The van der Waals surface area contributed by atoms with Gasteiger partial charge in [0, 0.05) is 11.9 Å². The van der Waals surface area contributed by atoms with Crippen molar-refractivity contribution in [3.8, 4) is 0 Å². The van der Waals surface area contributed by atoms with Crippen molar-refractivity contribution < 1.29 is 0 Å². The molecule has 0 bridgehead atoms. The standard InChI is InChI=1S/C15H16N2/c1-11-3-2-4-14(9-11)17-15-8-7-13(10-16-15)12-5-6-12/h2-4,7-10,12H,5-6H2,1H3,(H,16,17). The molecule has 0 amide bonds. The zero-order chi connectivity index (χ0) is 11.7. The molecule has 2 nitrogen and oxygen atoms in total. The van der Waals surface area contributed by atoms with Crippen LogP contribution in [0, 0.1) is 6.92 Å². The molecule has 1 fully saturated rings. The highest BCUT2D eigenvalue weighted by Crippen LogP contribution is 2.39. The molecular weight excluding hydrogens is 208 g/mol. The quantitative estimate of drug-likeness (QED) is 0.852. The summed E-state index contributed by atoms with van der Waals surface area (Å²) in [4.78, 5) is 4.45. The van der Waals surface area contributed by atoms with E-state index >= 15 is 0 Å². The van der Waals surface area contributed by atoms with E-state index in [2.05, 4.69) is 53.6 Å². The summed E-state index contributed by atoms with van der Waals surface area (Å²) in [6.45, 7) is 2.09. The molecule has 2 aromatic rings. The molecule has 3 rings (SSSR count). The molecule has 86 valence electrons. The van der Waals surface area contributed by atoms with E-state index in [1.54, 1.807) is 0 Å². The number of hydrogen-bond donors (Lipinski definition) is 1. The number of nitrogens with one attached hydrogen (secondary N) is 1. The van der Waals surface area contributed by atoms with E-state index in [0.717, 1.165) is 17.4 Å². The van der Waals surface area contributed by atoms with Gasteiger partial charge < -0.3 is 5.32 Å². The van der Waals surface area contributed by atoms with Gasteiger partial charge in [0.05, 0.1) is 0 Å². The molecule has 0 radical (unpaired) electrons. The topological polar surface area (TPSA) is 24.9 Å². The minimum Gasteiger partial charge on any atom is -0.340 e. The van der Waals surface area contributed by atoms with E-state index < -0.39 is 0 Å². The molecule has 1 aromatic heterocycles. The first-order valence-electron chi connectivity index (χ1n) is 6.11. The van der Waals surface area contributed by atoms with Crippen LogP contribution in [0.4, 0.5) is 11.5 Å². The Morgan fingerprint density at radius 2 is 2.06 bits per heavy atom. The average Bonchev–Trinajstić information content (AvgIpc) is 3.14. The molecule has 1 aromatic carbocycles. The summed E-state index contributed by atoms with van der Waals surface area (Å²) in [7, 11) is 0. The second kappa shape index (κ2) is 4.21. The van der Waals surface area contributed by atoms with Gasteiger partial charge in [-0.3, -0.25) is 0 Å². The van der Waals surface area contributed by atoms with Gasteiger partial charge in [0.15, 0.2) is 0 Å². The molecule has 0 atom stereocenters. The molecule has 1 heterocycles. The first-order chi connectivity index (χ1) is 8.31. The van der Waals surface area contributed by atoms with Gasteiger partial charge in [-0.05, 0) is 55.0 Å². The Hall–Kier alpha value is -1.83. The number of aromatic nitrogens is 1. The lowest BCUT2D eigenvalue weighted by atomic mass is 10.2. The van der Waals surface area contributed by atoms with E-state index in [1.165, 1.54) is 24.0 Å². The zero-order valence-electron chi connectivity index (χ0n) is 9.98. The lowest BCUT2D eigenvalue weighted by Crippen LogP contribution is -1.94. The van der Waals surface area contributed by atoms with Crippen LogP contribution in [0.3, 0.4) is 0 Å². The Balaban J connectivity index is 1.76. The van der Waals surface area contributed by atoms with Crippen molar-refractivity contribution >= 4 is 11.5 Å². The predicted octanol–water partition coefficient (Wildman–Crippen LogP) is 4.01. The lowest BCUT2D eigenvalue weighted by molar-refractivity contribution is 1.09. The number of nitrogens with zero attached hydrogens (tertiary/aromatic N) is 1. The molecule has 1 aliphatic carbocycles. The van der Waals surface area contributed by atoms with Crippen LogP contribution in [0.5, 0.6) is 0 Å². The van der Waals surface area contributed by atoms with Gasteiger partial charge in [-0.2, -0.15) is 0 Å². The smallest absolute Gasteiger partial charge is 0.130 e. The Bertz CT molecular complexity index is 513. The molecule has 17 heavy (non-hydrogen) atoms. The van der Waals surface area contributed by atoms with E-state index in [4.69, 9.17) is 0 Å². The minimum absolute atomic E-state index is 0.774. The summed E-state index contributed by atoms with van der Waals surface area (Å²) in [5.74, 6) is 1.69. The first-order valence-corrected chi connectivity index (χ1v) is 6.11. The summed E-state index contributed by atoms with van der Waals surface area (Å²) in [5.41, 5.74) is 3.72. The highest BCUT2D eigenvalue weighted by molar-refractivity contribution is 5.57. The summed E-state index contributed by atoms with van der Waals surface area (Å²) in [6, 6.07) is 12.6. The van der Waals surface area contributed by atoms with Crippen molar-refractivity contribution in [3.63, 3.8) is 0 Å². The number of rotatable bonds is 3.